The highest BCUT2D eigenvalue weighted by Gasteiger charge is 2.44. The average molecular weight is 401 g/mol. The molecule has 1 aromatic heterocycles. The van der Waals surface area contributed by atoms with Crippen molar-refractivity contribution in [1.29, 1.82) is 0 Å². The highest BCUT2D eigenvalue weighted by molar-refractivity contribution is 7.09. The van der Waals surface area contributed by atoms with Gasteiger partial charge in [-0.2, -0.15) is 0 Å². The van der Waals surface area contributed by atoms with Crippen LogP contribution in [0, 0.1) is 0 Å². The number of hydrogen-bond acceptors (Lipinski definition) is 7. The lowest BCUT2D eigenvalue weighted by Gasteiger charge is -2.15. The van der Waals surface area contributed by atoms with E-state index in [1.54, 1.807) is 18.2 Å². The van der Waals surface area contributed by atoms with Crippen molar-refractivity contribution in [3.05, 3.63) is 40.6 Å². The second kappa shape index (κ2) is 7.31. The van der Waals surface area contributed by atoms with Crippen LogP contribution in [0.1, 0.15) is 4.88 Å². The molecule has 1 fully saturated rings. The van der Waals surface area contributed by atoms with Crippen molar-refractivity contribution in [2.75, 3.05) is 25.2 Å². The summed E-state index contributed by atoms with van der Waals surface area (Å²) >= 11 is 1.50. The van der Waals surface area contributed by atoms with E-state index in [0.717, 1.165) is 9.78 Å². The van der Waals surface area contributed by atoms with Crippen molar-refractivity contribution in [2.24, 2.45) is 0 Å². The van der Waals surface area contributed by atoms with E-state index >= 15 is 0 Å². The summed E-state index contributed by atoms with van der Waals surface area (Å²) in [5.41, 5.74) is 0.425. The zero-order valence-corrected chi connectivity index (χ0v) is 15.4. The maximum Gasteiger partial charge on any atom is 0.334 e. The Morgan fingerprint density at radius 1 is 1.07 bits per heavy atom. The van der Waals surface area contributed by atoms with E-state index in [0.29, 0.717) is 28.5 Å². The number of urea groups is 1. The Morgan fingerprint density at radius 3 is 2.64 bits per heavy atom. The maximum atomic E-state index is 12.4. The number of carbonyl (C=O) groups is 4. The minimum Gasteiger partial charge on any atom is -0.454 e. The number of nitrogens with one attached hydrogen (secondary N) is 1. The third-order valence-corrected chi connectivity index (χ3v) is 5.19. The molecule has 0 unspecified atom stereocenters. The summed E-state index contributed by atoms with van der Waals surface area (Å²) in [6.45, 7) is -0.357. The summed E-state index contributed by atoms with van der Waals surface area (Å²) in [5, 5.41) is 4.46. The van der Waals surface area contributed by atoms with E-state index < -0.39 is 30.3 Å². The Kier molecular flexibility index (Phi) is 4.70. The van der Waals surface area contributed by atoms with Crippen LogP contribution in [-0.2, 0) is 20.8 Å². The summed E-state index contributed by atoms with van der Waals surface area (Å²) in [6, 6.07) is 7.79. The number of imide groups is 2. The molecule has 1 aromatic carbocycles. The zero-order valence-electron chi connectivity index (χ0n) is 14.5. The van der Waals surface area contributed by atoms with Gasteiger partial charge in [0, 0.05) is 29.6 Å². The van der Waals surface area contributed by atoms with Gasteiger partial charge in [0.05, 0.1) is 0 Å². The first kappa shape index (κ1) is 18.0. The molecule has 0 radical (unpaired) electrons. The molecular formula is C18H15N3O6S. The molecular weight excluding hydrogens is 386 g/mol. The fourth-order valence-corrected chi connectivity index (χ4v) is 3.58. The number of rotatable bonds is 6. The number of benzene rings is 1. The number of carbonyl (C=O) groups excluding carboxylic acids is 4. The van der Waals surface area contributed by atoms with E-state index in [4.69, 9.17) is 9.47 Å². The van der Waals surface area contributed by atoms with Gasteiger partial charge < -0.3 is 14.8 Å². The molecule has 2 aliphatic heterocycles. The number of thiophene rings is 1. The Morgan fingerprint density at radius 2 is 1.86 bits per heavy atom. The van der Waals surface area contributed by atoms with Gasteiger partial charge >= 0.3 is 17.8 Å². The van der Waals surface area contributed by atoms with Crippen LogP contribution in [0.5, 0.6) is 11.5 Å². The third-order valence-electron chi connectivity index (χ3n) is 4.26. The molecule has 10 heteroatoms. The van der Waals surface area contributed by atoms with Crippen molar-refractivity contribution < 1.29 is 28.7 Å². The second-order valence-corrected chi connectivity index (χ2v) is 7.11. The van der Waals surface area contributed by atoms with Gasteiger partial charge in [0.15, 0.2) is 11.5 Å². The first-order valence-corrected chi connectivity index (χ1v) is 9.30. The molecule has 0 spiro atoms. The molecule has 4 rings (SSSR count). The SMILES string of the molecule is O=C(CN1C(=O)C(=O)N(CCc2cccs2)C1=O)Nc1ccc2c(c1)OCO2. The molecule has 9 nitrogen and oxygen atoms in total. The molecule has 0 saturated carbocycles. The van der Waals surface area contributed by atoms with Crippen LogP contribution >= 0.6 is 11.3 Å². The Bertz CT molecular complexity index is 958. The Hall–Kier alpha value is -3.40. The second-order valence-electron chi connectivity index (χ2n) is 6.08. The average Bonchev–Trinajstić information content (AvgIpc) is 3.39. The van der Waals surface area contributed by atoms with Crippen LogP contribution in [0.25, 0.3) is 0 Å². The van der Waals surface area contributed by atoms with Crippen molar-refractivity contribution in [2.45, 2.75) is 6.42 Å². The van der Waals surface area contributed by atoms with Gasteiger partial charge in [0.1, 0.15) is 6.54 Å². The van der Waals surface area contributed by atoms with Crippen LogP contribution in [0.4, 0.5) is 10.5 Å². The first-order valence-electron chi connectivity index (χ1n) is 8.42. The van der Waals surface area contributed by atoms with Gasteiger partial charge in [-0.3, -0.25) is 19.3 Å². The van der Waals surface area contributed by atoms with Gasteiger partial charge in [-0.1, -0.05) is 6.07 Å². The Balaban J connectivity index is 1.38. The number of anilines is 1. The summed E-state index contributed by atoms with van der Waals surface area (Å²) in [7, 11) is 0. The number of fused-ring (bicyclic) bond motifs is 1. The molecule has 0 atom stereocenters. The van der Waals surface area contributed by atoms with Gasteiger partial charge in [-0.25, -0.2) is 9.69 Å². The summed E-state index contributed by atoms with van der Waals surface area (Å²) < 4.78 is 10.4. The van der Waals surface area contributed by atoms with E-state index in [2.05, 4.69) is 5.32 Å². The molecule has 0 bridgehead atoms. The quantitative estimate of drug-likeness (QED) is 0.580. The van der Waals surface area contributed by atoms with Crippen molar-refractivity contribution in [3.63, 3.8) is 0 Å². The number of ether oxygens (including phenoxy) is 2. The molecule has 144 valence electrons. The molecule has 28 heavy (non-hydrogen) atoms. The zero-order chi connectivity index (χ0) is 19.7. The van der Waals surface area contributed by atoms with Crippen LogP contribution in [0.2, 0.25) is 0 Å². The standard InChI is InChI=1S/C18H15N3O6S/c22-15(19-11-3-4-13-14(8-11)27-10-26-13)9-21-17(24)16(23)20(18(21)25)6-5-12-2-1-7-28-12/h1-4,7-8H,5-6,9-10H2,(H,19,22). The number of amides is 5. The van der Waals surface area contributed by atoms with Crippen LogP contribution in [-0.4, -0.2) is 53.4 Å². The molecule has 1 N–H and O–H groups in total. The summed E-state index contributed by atoms with van der Waals surface area (Å²) in [6.07, 6.45) is 0.458. The van der Waals surface area contributed by atoms with Crippen molar-refractivity contribution in [1.82, 2.24) is 9.80 Å². The smallest absolute Gasteiger partial charge is 0.334 e. The third kappa shape index (κ3) is 3.41. The van der Waals surface area contributed by atoms with Gasteiger partial charge in [-0.05, 0) is 23.6 Å². The lowest BCUT2D eigenvalue weighted by atomic mass is 10.2. The fourth-order valence-electron chi connectivity index (χ4n) is 2.88. The molecule has 1 saturated heterocycles. The maximum absolute atomic E-state index is 12.4. The van der Waals surface area contributed by atoms with Crippen molar-refractivity contribution >= 4 is 40.8 Å². The molecule has 2 aliphatic rings. The van der Waals surface area contributed by atoms with E-state index in [9.17, 15) is 19.2 Å². The van der Waals surface area contributed by atoms with E-state index in [1.165, 1.54) is 11.3 Å². The molecule has 3 heterocycles. The predicted octanol–water partition coefficient (Wildman–Crippen LogP) is 1.45. The summed E-state index contributed by atoms with van der Waals surface area (Å²) in [5.74, 6) is -1.47. The highest BCUT2D eigenvalue weighted by Crippen LogP contribution is 2.34. The summed E-state index contributed by atoms with van der Waals surface area (Å²) in [4.78, 5) is 51.4. The molecule has 2 aromatic rings. The normalized spacial score (nSPS) is 15.5. The lowest BCUT2D eigenvalue weighted by Crippen LogP contribution is -2.39. The number of hydrogen-bond donors (Lipinski definition) is 1. The fraction of sp³-hybridized carbons (Fsp3) is 0.222. The van der Waals surface area contributed by atoms with E-state index in [-0.39, 0.29) is 13.3 Å². The minimum absolute atomic E-state index is 0.0875. The Labute approximate surface area is 163 Å². The number of nitrogens with zero attached hydrogens (tertiary/aromatic N) is 2. The molecule has 5 amide bonds. The van der Waals surface area contributed by atoms with E-state index in [1.807, 2.05) is 17.5 Å². The lowest BCUT2D eigenvalue weighted by molar-refractivity contribution is -0.143. The van der Waals surface area contributed by atoms with Gasteiger partial charge in [-0.15, -0.1) is 11.3 Å². The predicted molar refractivity (Wildman–Crippen MR) is 98.0 cm³/mol. The largest absolute Gasteiger partial charge is 0.454 e. The minimum atomic E-state index is -1.00. The van der Waals surface area contributed by atoms with Gasteiger partial charge in [0.2, 0.25) is 12.7 Å². The first-order chi connectivity index (χ1) is 13.5. The van der Waals surface area contributed by atoms with Crippen LogP contribution in [0.15, 0.2) is 35.7 Å². The van der Waals surface area contributed by atoms with Crippen LogP contribution < -0.4 is 14.8 Å². The van der Waals surface area contributed by atoms with Crippen molar-refractivity contribution in [3.8, 4) is 11.5 Å². The van der Waals surface area contributed by atoms with Gasteiger partial charge in [0.25, 0.3) is 0 Å². The topological polar surface area (TPSA) is 105 Å². The monoisotopic (exact) mass is 401 g/mol. The molecule has 0 aliphatic carbocycles. The van der Waals surface area contributed by atoms with Crippen LogP contribution in [0.3, 0.4) is 0 Å². The highest BCUT2D eigenvalue weighted by atomic mass is 32.1.